The Bertz CT molecular complexity index is 1460. The third-order valence-electron chi connectivity index (χ3n) is 8.07. The Hall–Kier alpha value is -4.34. The first kappa shape index (κ1) is 26.9. The van der Waals surface area contributed by atoms with E-state index in [1.807, 2.05) is 53.7 Å². The summed E-state index contributed by atoms with van der Waals surface area (Å²) in [6, 6.07) is 18.6. The van der Waals surface area contributed by atoms with Crippen LogP contribution < -0.4 is 20.3 Å². The summed E-state index contributed by atoms with van der Waals surface area (Å²) < 4.78 is 7.62. The number of nitrogens with zero attached hydrogens (tertiary/aromatic N) is 6. The van der Waals surface area contributed by atoms with E-state index in [2.05, 4.69) is 32.2 Å². The lowest BCUT2D eigenvalue weighted by atomic mass is 9.96. The molecule has 6 rings (SSSR count). The summed E-state index contributed by atoms with van der Waals surface area (Å²) in [5.41, 5.74) is 3.71. The van der Waals surface area contributed by atoms with Gasteiger partial charge in [-0.1, -0.05) is 67.8 Å². The molecule has 2 amide bonds. The van der Waals surface area contributed by atoms with Crippen LogP contribution in [0.25, 0.3) is 11.2 Å². The highest BCUT2D eigenvalue weighted by molar-refractivity contribution is 5.84. The molecule has 2 N–H and O–H groups in total. The SMILES string of the molecule is COc1ccccc1CNc1nc(N2CCN(C(=O)NC3CCCCC3)CC2)nc2c1ncn2Cc1ccccc1. The third kappa shape index (κ3) is 6.21. The lowest BCUT2D eigenvalue weighted by Gasteiger charge is -2.36. The van der Waals surface area contributed by atoms with Crippen molar-refractivity contribution in [3.05, 3.63) is 72.1 Å². The van der Waals surface area contributed by atoms with Gasteiger partial charge in [-0.2, -0.15) is 9.97 Å². The molecular formula is C31H38N8O2. The van der Waals surface area contributed by atoms with Crippen LogP contribution in [-0.2, 0) is 13.1 Å². The van der Waals surface area contributed by atoms with E-state index in [4.69, 9.17) is 19.7 Å². The van der Waals surface area contributed by atoms with Gasteiger partial charge >= 0.3 is 6.03 Å². The van der Waals surface area contributed by atoms with Crippen LogP contribution in [0.5, 0.6) is 5.75 Å². The molecule has 0 spiro atoms. The maximum atomic E-state index is 12.9. The number of hydrogen-bond acceptors (Lipinski definition) is 7. The minimum atomic E-state index is 0.0491. The van der Waals surface area contributed by atoms with Gasteiger partial charge < -0.3 is 29.7 Å². The Morgan fingerprint density at radius 1 is 0.951 bits per heavy atom. The van der Waals surface area contributed by atoms with Crippen molar-refractivity contribution in [3.63, 3.8) is 0 Å². The fourth-order valence-electron chi connectivity index (χ4n) is 5.74. The highest BCUT2D eigenvalue weighted by atomic mass is 16.5. The molecule has 10 nitrogen and oxygen atoms in total. The van der Waals surface area contributed by atoms with E-state index >= 15 is 0 Å². The lowest BCUT2D eigenvalue weighted by molar-refractivity contribution is 0.186. The molecule has 2 aromatic heterocycles. The molecule has 0 unspecified atom stereocenters. The summed E-state index contributed by atoms with van der Waals surface area (Å²) in [6.45, 7) is 3.80. The molecular weight excluding hydrogens is 516 g/mol. The summed E-state index contributed by atoms with van der Waals surface area (Å²) in [6.07, 6.45) is 7.68. The number of nitrogens with one attached hydrogen (secondary N) is 2. The van der Waals surface area contributed by atoms with Gasteiger partial charge in [-0.15, -0.1) is 0 Å². The fraction of sp³-hybridized carbons (Fsp3) is 0.419. The van der Waals surface area contributed by atoms with Gasteiger partial charge in [0.15, 0.2) is 17.0 Å². The minimum Gasteiger partial charge on any atom is -0.496 e. The molecule has 2 aromatic carbocycles. The molecule has 214 valence electrons. The van der Waals surface area contributed by atoms with Crippen molar-refractivity contribution in [2.45, 2.75) is 51.2 Å². The van der Waals surface area contributed by atoms with E-state index in [-0.39, 0.29) is 6.03 Å². The standard InChI is InChI=1S/C31H38N8O2/c1-41-26-15-9-8-12-24(26)20-32-28-27-29(39(22-33-27)21-23-10-4-2-5-11-23)36-30(35-28)37-16-18-38(19-17-37)31(40)34-25-13-6-3-7-14-25/h2,4-5,8-12,15,22,25H,3,6-7,13-14,16-21H2,1H3,(H,34,40)(H,32,35,36). The normalized spacial score (nSPS) is 16.1. The van der Waals surface area contributed by atoms with Gasteiger partial charge in [0.2, 0.25) is 5.95 Å². The molecule has 1 saturated heterocycles. The maximum absolute atomic E-state index is 12.9. The summed E-state index contributed by atoms with van der Waals surface area (Å²) in [4.78, 5) is 31.7. The molecule has 0 bridgehead atoms. The predicted octanol–water partition coefficient (Wildman–Crippen LogP) is 4.66. The Morgan fingerprint density at radius 2 is 1.71 bits per heavy atom. The second-order valence-electron chi connectivity index (χ2n) is 10.8. The minimum absolute atomic E-state index is 0.0491. The van der Waals surface area contributed by atoms with E-state index in [0.717, 1.165) is 35.3 Å². The van der Waals surface area contributed by atoms with Crippen molar-refractivity contribution >= 4 is 29.0 Å². The smallest absolute Gasteiger partial charge is 0.317 e. The number of hydrogen-bond donors (Lipinski definition) is 2. The van der Waals surface area contributed by atoms with Crippen molar-refractivity contribution in [3.8, 4) is 5.75 Å². The van der Waals surface area contributed by atoms with Crippen molar-refractivity contribution < 1.29 is 9.53 Å². The van der Waals surface area contributed by atoms with E-state index in [0.29, 0.717) is 57.1 Å². The number of amides is 2. The van der Waals surface area contributed by atoms with Crippen LogP contribution in [0.15, 0.2) is 60.9 Å². The second kappa shape index (κ2) is 12.4. The van der Waals surface area contributed by atoms with Crippen molar-refractivity contribution in [2.24, 2.45) is 0 Å². The van der Waals surface area contributed by atoms with Gasteiger partial charge in [-0.05, 0) is 24.5 Å². The average Bonchev–Trinajstić information content (AvgIpc) is 3.43. The maximum Gasteiger partial charge on any atom is 0.317 e. The van der Waals surface area contributed by atoms with E-state index in [1.54, 1.807) is 7.11 Å². The Balaban J connectivity index is 1.23. The molecule has 2 fully saturated rings. The number of fused-ring (bicyclic) bond motifs is 1. The first-order valence-corrected chi connectivity index (χ1v) is 14.6. The van der Waals surface area contributed by atoms with Crippen LogP contribution in [0.2, 0.25) is 0 Å². The van der Waals surface area contributed by atoms with Crippen molar-refractivity contribution in [2.75, 3.05) is 43.5 Å². The quantitative estimate of drug-likeness (QED) is 0.327. The Labute approximate surface area is 240 Å². The zero-order valence-electron chi connectivity index (χ0n) is 23.6. The zero-order chi connectivity index (χ0) is 28.0. The summed E-state index contributed by atoms with van der Waals surface area (Å²) in [5, 5.41) is 6.75. The number of piperazine rings is 1. The molecule has 41 heavy (non-hydrogen) atoms. The fourth-order valence-corrected chi connectivity index (χ4v) is 5.74. The Kier molecular flexibility index (Phi) is 8.16. The number of carbonyl (C=O) groups is 1. The van der Waals surface area contributed by atoms with Crippen LogP contribution >= 0.6 is 0 Å². The summed E-state index contributed by atoms with van der Waals surface area (Å²) >= 11 is 0. The van der Waals surface area contributed by atoms with Gasteiger partial charge in [0.25, 0.3) is 0 Å². The van der Waals surface area contributed by atoms with Crippen LogP contribution in [0.4, 0.5) is 16.6 Å². The van der Waals surface area contributed by atoms with E-state index in [1.165, 1.54) is 24.8 Å². The van der Waals surface area contributed by atoms with Gasteiger partial charge in [-0.3, -0.25) is 0 Å². The van der Waals surface area contributed by atoms with Gasteiger partial charge in [0.05, 0.1) is 20.0 Å². The molecule has 2 aliphatic rings. The number of anilines is 2. The largest absolute Gasteiger partial charge is 0.496 e. The predicted molar refractivity (Wildman–Crippen MR) is 160 cm³/mol. The summed E-state index contributed by atoms with van der Waals surface area (Å²) in [5.74, 6) is 2.14. The van der Waals surface area contributed by atoms with E-state index in [9.17, 15) is 4.79 Å². The first-order valence-electron chi connectivity index (χ1n) is 14.6. The number of imidazole rings is 1. The molecule has 10 heteroatoms. The van der Waals surface area contributed by atoms with Gasteiger partial charge in [0.1, 0.15) is 5.75 Å². The molecule has 1 aliphatic carbocycles. The second-order valence-corrected chi connectivity index (χ2v) is 10.8. The lowest BCUT2D eigenvalue weighted by Crippen LogP contribution is -2.54. The van der Waals surface area contributed by atoms with Crippen LogP contribution in [0.1, 0.15) is 43.2 Å². The number of carbonyl (C=O) groups excluding carboxylic acids is 1. The van der Waals surface area contributed by atoms with Gasteiger partial charge in [0, 0.05) is 44.3 Å². The number of para-hydroxylation sites is 1. The molecule has 1 aliphatic heterocycles. The highest BCUT2D eigenvalue weighted by Crippen LogP contribution is 2.26. The average molecular weight is 555 g/mol. The molecule has 4 aromatic rings. The number of rotatable bonds is 8. The zero-order valence-corrected chi connectivity index (χ0v) is 23.6. The van der Waals surface area contributed by atoms with Crippen molar-refractivity contribution in [1.29, 1.82) is 0 Å². The molecule has 0 radical (unpaired) electrons. The van der Waals surface area contributed by atoms with Crippen LogP contribution in [0.3, 0.4) is 0 Å². The van der Waals surface area contributed by atoms with Gasteiger partial charge in [-0.25, -0.2) is 9.78 Å². The Morgan fingerprint density at radius 3 is 2.49 bits per heavy atom. The van der Waals surface area contributed by atoms with Crippen LogP contribution in [-0.4, -0.2) is 69.8 Å². The van der Waals surface area contributed by atoms with Crippen LogP contribution in [0, 0.1) is 0 Å². The number of ether oxygens (including phenoxy) is 1. The number of urea groups is 1. The number of aromatic nitrogens is 4. The molecule has 1 saturated carbocycles. The molecule has 3 heterocycles. The highest BCUT2D eigenvalue weighted by Gasteiger charge is 2.26. The number of benzene rings is 2. The molecule has 0 atom stereocenters. The van der Waals surface area contributed by atoms with Crippen molar-refractivity contribution in [1.82, 2.24) is 29.7 Å². The topological polar surface area (TPSA) is 100 Å². The number of methoxy groups -OCH3 is 1. The monoisotopic (exact) mass is 554 g/mol. The van der Waals surface area contributed by atoms with E-state index < -0.39 is 0 Å². The third-order valence-corrected chi connectivity index (χ3v) is 8.07. The summed E-state index contributed by atoms with van der Waals surface area (Å²) in [7, 11) is 1.68. The first-order chi connectivity index (χ1) is 20.2.